The van der Waals surface area contributed by atoms with Gasteiger partial charge in [-0.1, -0.05) is 45.4 Å². The van der Waals surface area contributed by atoms with Gasteiger partial charge in [-0.3, -0.25) is 4.90 Å². The Morgan fingerprint density at radius 2 is 2.00 bits per heavy atom. The van der Waals surface area contributed by atoms with E-state index in [1.807, 2.05) is 0 Å². The van der Waals surface area contributed by atoms with Gasteiger partial charge in [0.15, 0.2) is 0 Å². The molecule has 0 saturated carbocycles. The van der Waals surface area contributed by atoms with Crippen molar-refractivity contribution in [3.63, 3.8) is 0 Å². The summed E-state index contributed by atoms with van der Waals surface area (Å²) in [5.74, 6) is 0.887. The molecule has 1 aliphatic heterocycles. The number of nitrogens with one attached hydrogen (secondary N) is 1. The largest absolute Gasteiger partial charge is 0.311 e. The minimum absolute atomic E-state index is 0.204. The topological polar surface area (TPSA) is 15.3 Å². The van der Waals surface area contributed by atoms with Gasteiger partial charge in [0.05, 0.1) is 0 Å². The summed E-state index contributed by atoms with van der Waals surface area (Å²) in [5.41, 5.74) is 0.620. The van der Waals surface area contributed by atoms with Gasteiger partial charge in [-0.25, -0.2) is 4.39 Å². The fraction of sp³-hybridized carbons (Fsp3) is 0.647. The summed E-state index contributed by atoms with van der Waals surface area (Å²) in [7, 11) is 0. The molecule has 1 fully saturated rings. The van der Waals surface area contributed by atoms with Crippen molar-refractivity contribution in [3.8, 4) is 0 Å². The third kappa shape index (κ3) is 3.97. The Balaban J connectivity index is 2.20. The lowest BCUT2D eigenvalue weighted by Crippen LogP contribution is -2.59. The molecular weight excluding hydrogens is 287 g/mol. The highest BCUT2D eigenvalue weighted by Crippen LogP contribution is 2.25. The number of halogens is 2. The molecule has 1 aromatic carbocycles. The van der Waals surface area contributed by atoms with Crippen LogP contribution in [0.15, 0.2) is 18.2 Å². The van der Waals surface area contributed by atoms with Gasteiger partial charge in [-0.2, -0.15) is 0 Å². The van der Waals surface area contributed by atoms with Gasteiger partial charge < -0.3 is 5.32 Å². The Labute approximate surface area is 132 Å². The zero-order valence-electron chi connectivity index (χ0n) is 13.4. The fourth-order valence-corrected chi connectivity index (χ4v) is 3.25. The number of nitrogens with zero attached hydrogens (tertiary/aromatic N) is 1. The standard InChI is InChI=1S/C17H26ClFN2/c1-11(2)16-10-21(17(8-20-16)12(3)4)9-13-14(18)6-5-7-15(13)19/h5-7,11-12,16-17,20H,8-10H2,1-4H3. The van der Waals surface area contributed by atoms with Gasteiger partial charge in [0, 0.05) is 42.3 Å². The van der Waals surface area contributed by atoms with E-state index in [1.165, 1.54) is 6.07 Å². The molecule has 118 valence electrons. The average Bonchev–Trinajstić information content (AvgIpc) is 2.42. The summed E-state index contributed by atoms with van der Waals surface area (Å²) in [4.78, 5) is 2.39. The molecule has 2 rings (SSSR count). The Bertz CT molecular complexity index is 456. The molecule has 2 unspecified atom stereocenters. The van der Waals surface area contributed by atoms with Crippen LogP contribution in [-0.4, -0.2) is 30.1 Å². The van der Waals surface area contributed by atoms with E-state index in [0.29, 0.717) is 41.1 Å². The Hall–Kier alpha value is -0.640. The molecule has 0 aromatic heterocycles. The van der Waals surface area contributed by atoms with Crippen LogP contribution in [0.1, 0.15) is 33.3 Å². The van der Waals surface area contributed by atoms with Gasteiger partial charge in [0.2, 0.25) is 0 Å². The lowest BCUT2D eigenvalue weighted by Gasteiger charge is -2.44. The van der Waals surface area contributed by atoms with Gasteiger partial charge >= 0.3 is 0 Å². The molecule has 0 spiro atoms. The summed E-state index contributed by atoms with van der Waals surface area (Å²) in [6.45, 7) is 11.4. The molecule has 0 radical (unpaired) electrons. The minimum Gasteiger partial charge on any atom is -0.311 e. The van der Waals surface area contributed by atoms with Gasteiger partial charge in [0.25, 0.3) is 0 Å². The number of benzene rings is 1. The first-order valence-corrected chi connectivity index (χ1v) is 8.18. The second kappa shape index (κ2) is 7.08. The van der Waals surface area contributed by atoms with Crippen molar-refractivity contribution in [2.24, 2.45) is 11.8 Å². The smallest absolute Gasteiger partial charge is 0.129 e. The van der Waals surface area contributed by atoms with E-state index in [1.54, 1.807) is 12.1 Å². The third-order valence-electron chi connectivity index (χ3n) is 4.49. The average molecular weight is 313 g/mol. The van der Waals surface area contributed by atoms with Crippen LogP contribution in [0.2, 0.25) is 5.02 Å². The van der Waals surface area contributed by atoms with E-state index in [-0.39, 0.29) is 5.82 Å². The lowest BCUT2D eigenvalue weighted by atomic mass is 9.93. The van der Waals surface area contributed by atoms with Gasteiger partial charge in [-0.05, 0) is 24.0 Å². The maximum absolute atomic E-state index is 14.1. The van der Waals surface area contributed by atoms with E-state index >= 15 is 0 Å². The summed E-state index contributed by atoms with van der Waals surface area (Å²) < 4.78 is 14.1. The van der Waals surface area contributed by atoms with Crippen molar-refractivity contribution in [2.75, 3.05) is 13.1 Å². The fourth-order valence-electron chi connectivity index (χ4n) is 3.03. The molecule has 2 nitrogen and oxygen atoms in total. The minimum atomic E-state index is -0.204. The number of rotatable bonds is 4. The first kappa shape index (κ1) is 16.7. The molecule has 2 atom stereocenters. The highest BCUT2D eigenvalue weighted by Gasteiger charge is 2.31. The van der Waals surface area contributed by atoms with Crippen LogP contribution in [0, 0.1) is 17.7 Å². The molecule has 0 bridgehead atoms. The van der Waals surface area contributed by atoms with E-state index in [0.717, 1.165) is 13.1 Å². The van der Waals surface area contributed by atoms with E-state index in [2.05, 4.69) is 37.9 Å². The monoisotopic (exact) mass is 312 g/mol. The van der Waals surface area contributed by atoms with E-state index in [9.17, 15) is 4.39 Å². The third-order valence-corrected chi connectivity index (χ3v) is 4.84. The Morgan fingerprint density at radius 3 is 2.57 bits per heavy atom. The van der Waals surface area contributed by atoms with E-state index < -0.39 is 0 Å². The molecule has 0 aliphatic carbocycles. The second-order valence-electron chi connectivity index (χ2n) is 6.70. The lowest BCUT2D eigenvalue weighted by molar-refractivity contribution is 0.0774. The molecular formula is C17H26ClFN2. The Kier molecular flexibility index (Phi) is 5.64. The molecule has 1 N–H and O–H groups in total. The number of piperazine rings is 1. The first-order chi connectivity index (χ1) is 9.90. The summed E-state index contributed by atoms with van der Waals surface area (Å²) >= 11 is 6.19. The molecule has 4 heteroatoms. The highest BCUT2D eigenvalue weighted by molar-refractivity contribution is 6.31. The van der Waals surface area contributed by atoms with Crippen molar-refractivity contribution < 1.29 is 4.39 Å². The van der Waals surface area contributed by atoms with Crippen molar-refractivity contribution in [3.05, 3.63) is 34.6 Å². The van der Waals surface area contributed by atoms with Crippen LogP contribution in [0.25, 0.3) is 0 Å². The quantitative estimate of drug-likeness (QED) is 0.906. The van der Waals surface area contributed by atoms with Crippen molar-refractivity contribution >= 4 is 11.6 Å². The SMILES string of the molecule is CC(C)C1CN(Cc2c(F)cccc2Cl)C(C(C)C)CN1. The predicted molar refractivity (Wildman–Crippen MR) is 87.1 cm³/mol. The summed E-state index contributed by atoms with van der Waals surface area (Å²) in [5, 5.41) is 4.15. The molecule has 21 heavy (non-hydrogen) atoms. The zero-order valence-corrected chi connectivity index (χ0v) is 14.1. The van der Waals surface area contributed by atoms with Crippen LogP contribution in [0.5, 0.6) is 0 Å². The number of hydrogen-bond donors (Lipinski definition) is 1. The Morgan fingerprint density at radius 1 is 1.29 bits per heavy atom. The zero-order chi connectivity index (χ0) is 15.6. The van der Waals surface area contributed by atoms with Crippen LogP contribution in [0.3, 0.4) is 0 Å². The predicted octanol–water partition coefficient (Wildman–Crippen LogP) is 3.93. The maximum atomic E-state index is 14.1. The summed E-state index contributed by atoms with van der Waals surface area (Å²) in [6.07, 6.45) is 0. The summed E-state index contributed by atoms with van der Waals surface area (Å²) in [6, 6.07) is 5.79. The van der Waals surface area contributed by atoms with Crippen molar-refractivity contribution in [2.45, 2.75) is 46.3 Å². The maximum Gasteiger partial charge on any atom is 0.129 e. The molecule has 0 amide bonds. The van der Waals surface area contributed by atoms with E-state index in [4.69, 9.17) is 11.6 Å². The molecule has 1 aromatic rings. The highest BCUT2D eigenvalue weighted by atomic mass is 35.5. The number of hydrogen-bond acceptors (Lipinski definition) is 2. The van der Waals surface area contributed by atoms with Crippen molar-refractivity contribution in [1.82, 2.24) is 10.2 Å². The molecule has 1 saturated heterocycles. The van der Waals surface area contributed by atoms with Gasteiger partial charge in [-0.15, -0.1) is 0 Å². The molecule has 1 aliphatic rings. The van der Waals surface area contributed by atoms with Crippen LogP contribution in [-0.2, 0) is 6.54 Å². The van der Waals surface area contributed by atoms with Crippen LogP contribution in [0.4, 0.5) is 4.39 Å². The van der Waals surface area contributed by atoms with Gasteiger partial charge in [0.1, 0.15) is 5.82 Å². The van der Waals surface area contributed by atoms with Crippen molar-refractivity contribution in [1.29, 1.82) is 0 Å². The normalized spacial score (nSPS) is 24.0. The molecule has 1 heterocycles. The first-order valence-electron chi connectivity index (χ1n) is 7.80. The van der Waals surface area contributed by atoms with Crippen LogP contribution < -0.4 is 5.32 Å². The van der Waals surface area contributed by atoms with Crippen LogP contribution >= 0.6 is 11.6 Å². The second-order valence-corrected chi connectivity index (χ2v) is 7.11.